The van der Waals surface area contributed by atoms with Crippen molar-refractivity contribution in [2.45, 2.75) is 33.6 Å². The molecule has 0 bridgehead atoms. The lowest BCUT2D eigenvalue weighted by molar-refractivity contribution is -0.136. The minimum Gasteiger partial charge on any atom is -0.481 e. The maximum atomic E-state index is 10.5. The molecule has 0 aliphatic heterocycles. The fourth-order valence-electron chi connectivity index (χ4n) is 1.60. The average molecular weight is 256 g/mol. The number of aliphatic carboxylic acids is 1. The van der Waals surface area contributed by atoms with E-state index in [9.17, 15) is 4.79 Å². The van der Waals surface area contributed by atoms with Gasteiger partial charge in [-0.1, -0.05) is 20.8 Å². The zero-order valence-corrected chi connectivity index (χ0v) is 11.7. The molecule has 1 rings (SSSR count). The third-order valence-corrected chi connectivity index (χ3v) is 3.18. The van der Waals surface area contributed by atoms with Crippen LogP contribution in [0.2, 0.25) is 0 Å². The number of carbonyl (C=O) groups is 1. The predicted molar refractivity (Wildman–Crippen MR) is 70.8 cm³/mol. The molecule has 0 atom stereocenters. The molecule has 0 saturated carbocycles. The molecule has 1 aromatic heterocycles. The molecule has 0 radical (unpaired) electrons. The minimum absolute atomic E-state index is 0.145. The molecule has 0 amide bonds. The summed E-state index contributed by atoms with van der Waals surface area (Å²) in [7, 11) is 2.02. The Morgan fingerprint density at radius 1 is 1.53 bits per heavy atom. The van der Waals surface area contributed by atoms with Crippen LogP contribution in [0.3, 0.4) is 0 Å². The van der Waals surface area contributed by atoms with Gasteiger partial charge in [-0.25, -0.2) is 4.98 Å². The average Bonchev–Trinajstić information content (AvgIpc) is 2.60. The van der Waals surface area contributed by atoms with E-state index >= 15 is 0 Å². The van der Waals surface area contributed by atoms with Gasteiger partial charge in [0.1, 0.15) is 0 Å². The summed E-state index contributed by atoms with van der Waals surface area (Å²) in [6, 6.07) is 0. The highest BCUT2D eigenvalue weighted by atomic mass is 32.1. The van der Waals surface area contributed by atoms with Crippen LogP contribution in [-0.2, 0) is 11.2 Å². The molecule has 0 saturated heterocycles. The number of carboxylic acid groups (broad SMARTS) is 1. The summed E-state index contributed by atoms with van der Waals surface area (Å²) in [4.78, 5) is 17.0. The maximum Gasteiger partial charge on any atom is 0.303 e. The molecule has 0 fully saturated rings. The zero-order valence-electron chi connectivity index (χ0n) is 10.9. The van der Waals surface area contributed by atoms with Crippen molar-refractivity contribution in [2.24, 2.45) is 5.41 Å². The van der Waals surface area contributed by atoms with Gasteiger partial charge in [0.2, 0.25) is 0 Å². The van der Waals surface area contributed by atoms with Crippen LogP contribution in [0.25, 0.3) is 0 Å². The lowest BCUT2D eigenvalue weighted by atomic mass is 9.96. The first-order valence-electron chi connectivity index (χ1n) is 5.65. The molecule has 1 N–H and O–H groups in total. The Bertz CT molecular complexity index is 382. The molecule has 5 heteroatoms. The van der Waals surface area contributed by atoms with Crippen molar-refractivity contribution in [1.29, 1.82) is 0 Å². The monoisotopic (exact) mass is 256 g/mol. The van der Waals surface area contributed by atoms with E-state index in [1.807, 2.05) is 12.4 Å². The van der Waals surface area contributed by atoms with Gasteiger partial charge in [0.15, 0.2) is 5.13 Å². The smallest absolute Gasteiger partial charge is 0.303 e. The summed E-state index contributed by atoms with van der Waals surface area (Å²) in [5, 5.41) is 11.5. The number of carboxylic acids is 1. The highest BCUT2D eigenvalue weighted by molar-refractivity contribution is 7.13. The van der Waals surface area contributed by atoms with E-state index in [4.69, 9.17) is 5.11 Å². The summed E-state index contributed by atoms with van der Waals surface area (Å²) in [6.07, 6.45) is 0.654. The molecule has 96 valence electrons. The van der Waals surface area contributed by atoms with Crippen LogP contribution in [0.5, 0.6) is 0 Å². The second-order valence-corrected chi connectivity index (χ2v) is 6.27. The summed E-state index contributed by atoms with van der Waals surface area (Å²) in [5.74, 6) is -0.775. The number of nitrogens with zero attached hydrogens (tertiary/aromatic N) is 2. The van der Waals surface area contributed by atoms with Gasteiger partial charge in [-0.2, -0.15) is 0 Å². The summed E-state index contributed by atoms with van der Waals surface area (Å²) < 4.78 is 0. The molecular formula is C12H20N2O2S. The van der Waals surface area contributed by atoms with Crippen LogP contribution in [-0.4, -0.2) is 29.7 Å². The molecule has 0 unspecified atom stereocenters. The Hall–Kier alpha value is -1.10. The number of anilines is 1. The first-order valence-corrected chi connectivity index (χ1v) is 6.53. The van der Waals surface area contributed by atoms with E-state index in [-0.39, 0.29) is 11.8 Å². The Kier molecular flexibility index (Phi) is 4.51. The fraction of sp³-hybridized carbons (Fsp3) is 0.667. The molecule has 4 nitrogen and oxygen atoms in total. The predicted octanol–water partition coefficient (Wildman–Crippen LogP) is 2.64. The fourth-order valence-corrected chi connectivity index (χ4v) is 2.43. The highest BCUT2D eigenvalue weighted by Gasteiger charge is 2.16. The number of hydrogen-bond acceptors (Lipinski definition) is 4. The number of aryl methyl sites for hydroxylation is 1. The minimum atomic E-state index is -0.775. The second-order valence-electron chi connectivity index (χ2n) is 5.43. The summed E-state index contributed by atoms with van der Waals surface area (Å²) >= 11 is 1.57. The molecule has 0 aliphatic rings. The highest BCUT2D eigenvalue weighted by Crippen LogP contribution is 2.24. The van der Waals surface area contributed by atoms with Crippen molar-refractivity contribution < 1.29 is 9.90 Å². The van der Waals surface area contributed by atoms with Gasteiger partial charge >= 0.3 is 5.97 Å². The van der Waals surface area contributed by atoms with Crippen molar-refractivity contribution in [1.82, 2.24) is 4.98 Å². The van der Waals surface area contributed by atoms with E-state index < -0.39 is 5.97 Å². The molecule has 0 aliphatic carbocycles. The topological polar surface area (TPSA) is 53.4 Å². The lowest BCUT2D eigenvalue weighted by Gasteiger charge is -2.26. The van der Waals surface area contributed by atoms with Gasteiger partial charge in [-0.3, -0.25) is 4.79 Å². The number of aromatic nitrogens is 1. The van der Waals surface area contributed by atoms with E-state index in [1.54, 1.807) is 11.3 Å². The van der Waals surface area contributed by atoms with Gasteiger partial charge in [0.25, 0.3) is 0 Å². The van der Waals surface area contributed by atoms with Crippen LogP contribution >= 0.6 is 11.3 Å². The Morgan fingerprint density at radius 3 is 2.71 bits per heavy atom. The lowest BCUT2D eigenvalue weighted by Crippen LogP contribution is -2.28. The van der Waals surface area contributed by atoms with Gasteiger partial charge in [0.05, 0.1) is 12.1 Å². The van der Waals surface area contributed by atoms with E-state index in [1.165, 1.54) is 0 Å². The van der Waals surface area contributed by atoms with Gasteiger partial charge in [-0.05, 0) is 5.41 Å². The van der Waals surface area contributed by atoms with Crippen molar-refractivity contribution in [3.8, 4) is 0 Å². The second kappa shape index (κ2) is 5.49. The third-order valence-electron chi connectivity index (χ3n) is 2.17. The molecule has 17 heavy (non-hydrogen) atoms. The maximum absolute atomic E-state index is 10.5. The number of rotatable bonds is 5. The number of hydrogen-bond donors (Lipinski definition) is 1. The molecule has 1 heterocycles. The Balaban J connectivity index is 2.58. The van der Waals surface area contributed by atoms with Gasteiger partial charge in [0, 0.05) is 25.4 Å². The standard InChI is InChI=1S/C12H20N2O2S/c1-12(2,3)8-14(4)11-13-9(7-17-11)5-6-10(15)16/h7H,5-6,8H2,1-4H3,(H,15,16). The molecule has 0 aromatic carbocycles. The van der Waals surface area contributed by atoms with Crippen molar-refractivity contribution >= 4 is 22.4 Å². The Morgan fingerprint density at radius 2 is 2.18 bits per heavy atom. The van der Waals surface area contributed by atoms with Crippen LogP contribution < -0.4 is 4.90 Å². The zero-order chi connectivity index (χ0) is 13.1. The normalized spacial score (nSPS) is 11.5. The van der Waals surface area contributed by atoms with Crippen molar-refractivity contribution in [3.63, 3.8) is 0 Å². The van der Waals surface area contributed by atoms with E-state index in [0.717, 1.165) is 17.4 Å². The first kappa shape index (κ1) is 14.0. The van der Waals surface area contributed by atoms with Crippen LogP contribution in [0.4, 0.5) is 5.13 Å². The van der Waals surface area contributed by atoms with E-state index in [0.29, 0.717) is 6.42 Å². The summed E-state index contributed by atoms with van der Waals surface area (Å²) in [5.41, 5.74) is 1.09. The quantitative estimate of drug-likeness (QED) is 0.880. The molecule has 1 aromatic rings. The van der Waals surface area contributed by atoms with Crippen LogP contribution in [0.1, 0.15) is 32.9 Å². The van der Waals surface area contributed by atoms with E-state index in [2.05, 4.69) is 30.7 Å². The van der Waals surface area contributed by atoms with Gasteiger partial charge in [-0.15, -0.1) is 11.3 Å². The Labute approximate surface area is 106 Å². The summed E-state index contributed by atoms with van der Waals surface area (Å²) in [6.45, 7) is 7.48. The van der Waals surface area contributed by atoms with Crippen LogP contribution in [0, 0.1) is 5.41 Å². The van der Waals surface area contributed by atoms with Crippen molar-refractivity contribution in [2.75, 3.05) is 18.5 Å². The molecular weight excluding hydrogens is 236 g/mol. The SMILES string of the molecule is CN(CC(C)(C)C)c1nc(CCC(=O)O)cs1. The van der Waals surface area contributed by atoms with Gasteiger partial charge < -0.3 is 10.0 Å². The molecule has 0 spiro atoms. The van der Waals surface area contributed by atoms with Crippen molar-refractivity contribution in [3.05, 3.63) is 11.1 Å². The van der Waals surface area contributed by atoms with Crippen LogP contribution in [0.15, 0.2) is 5.38 Å². The first-order chi connectivity index (χ1) is 7.78. The largest absolute Gasteiger partial charge is 0.481 e. The third kappa shape index (κ3) is 5.17. The number of thiazole rings is 1.